The molecule has 0 heterocycles. The molecule has 0 aromatic heterocycles. The number of rotatable bonds is 5. The van der Waals surface area contributed by atoms with Gasteiger partial charge in [0.1, 0.15) is 4.99 Å². The van der Waals surface area contributed by atoms with E-state index in [9.17, 15) is 4.79 Å². The average Bonchev–Trinajstić information content (AvgIpc) is 2.28. The predicted octanol–water partition coefficient (Wildman–Crippen LogP) is 2.55. The molecule has 0 aliphatic rings. The van der Waals surface area contributed by atoms with Gasteiger partial charge in [-0.15, -0.1) is 0 Å². The molecule has 5 heteroatoms. The van der Waals surface area contributed by atoms with E-state index in [1.54, 1.807) is 6.07 Å². The smallest absolute Gasteiger partial charge is 0.319 e. The van der Waals surface area contributed by atoms with Gasteiger partial charge in [0.15, 0.2) is 0 Å². The number of hydrogen-bond donors (Lipinski definition) is 3. The van der Waals surface area contributed by atoms with Gasteiger partial charge >= 0.3 is 6.03 Å². The van der Waals surface area contributed by atoms with E-state index < -0.39 is 0 Å². The molecule has 0 radical (unpaired) electrons. The number of amides is 2. The topological polar surface area (TPSA) is 67.2 Å². The fourth-order valence-electron chi connectivity index (χ4n) is 1.64. The summed E-state index contributed by atoms with van der Waals surface area (Å²) in [6, 6.07) is 5.33. The van der Waals surface area contributed by atoms with Crippen LogP contribution >= 0.6 is 12.2 Å². The van der Waals surface area contributed by atoms with E-state index in [4.69, 9.17) is 18.0 Å². The third-order valence-corrected chi connectivity index (χ3v) is 2.79. The van der Waals surface area contributed by atoms with Gasteiger partial charge in [-0.3, -0.25) is 0 Å². The second-order valence-electron chi connectivity index (χ2n) is 4.10. The molecule has 0 saturated heterocycles. The Labute approximate surface area is 113 Å². The van der Waals surface area contributed by atoms with Gasteiger partial charge in [-0.05, 0) is 25.0 Å². The van der Waals surface area contributed by atoms with Gasteiger partial charge in [-0.25, -0.2) is 4.79 Å². The van der Waals surface area contributed by atoms with Gasteiger partial charge < -0.3 is 16.4 Å². The van der Waals surface area contributed by atoms with Gasteiger partial charge in [0.05, 0.1) is 5.69 Å². The summed E-state index contributed by atoms with van der Waals surface area (Å²) >= 11 is 5.00. The monoisotopic (exact) mass is 265 g/mol. The van der Waals surface area contributed by atoms with Crippen LogP contribution in [0.2, 0.25) is 0 Å². The van der Waals surface area contributed by atoms with Crippen molar-refractivity contribution in [3.63, 3.8) is 0 Å². The number of nitrogens with one attached hydrogen (secondary N) is 2. The number of unbranched alkanes of at least 4 members (excludes halogenated alkanes) is 1. The average molecular weight is 265 g/mol. The number of carbonyl (C=O) groups excluding carboxylic acids is 1. The number of thiocarbonyl (C=S) groups is 1. The number of urea groups is 1. The van der Waals surface area contributed by atoms with E-state index >= 15 is 0 Å². The largest absolute Gasteiger partial charge is 0.389 e. The predicted molar refractivity (Wildman–Crippen MR) is 79.0 cm³/mol. The lowest BCUT2D eigenvalue weighted by Crippen LogP contribution is -2.30. The standard InChI is InChI=1S/C13H19N3OS/c1-3-4-8-15-13(17)16-10-7-5-6-9(2)11(10)12(14)18/h5-7H,3-4,8H2,1-2H3,(H2,14,18)(H2,15,16,17). The summed E-state index contributed by atoms with van der Waals surface area (Å²) in [5, 5.41) is 5.56. The van der Waals surface area contributed by atoms with Crippen LogP contribution in [0.3, 0.4) is 0 Å². The van der Waals surface area contributed by atoms with E-state index in [1.165, 1.54) is 0 Å². The lowest BCUT2D eigenvalue weighted by molar-refractivity contribution is 0.252. The lowest BCUT2D eigenvalue weighted by atomic mass is 10.1. The van der Waals surface area contributed by atoms with Crippen LogP contribution in [-0.2, 0) is 0 Å². The molecule has 0 spiro atoms. The van der Waals surface area contributed by atoms with Gasteiger partial charge in [-0.1, -0.05) is 37.7 Å². The van der Waals surface area contributed by atoms with Crippen molar-refractivity contribution in [1.29, 1.82) is 0 Å². The van der Waals surface area contributed by atoms with Crippen molar-refractivity contribution in [3.05, 3.63) is 29.3 Å². The van der Waals surface area contributed by atoms with Crippen molar-refractivity contribution < 1.29 is 4.79 Å². The van der Waals surface area contributed by atoms with Crippen LogP contribution in [0, 0.1) is 6.92 Å². The molecular formula is C13H19N3OS. The highest BCUT2D eigenvalue weighted by molar-refractivity contribution is 7.80. The molecule has 1 aromatic carbocycles. The third kappa shape index (κ3) is 4.00. The van der Waals surface area contributed by atoms with Crippen LogP contribution in [-0.4, -0.2) is 17.6 Å². The first-order chi connectivity index (χ1) is 8.56. The van der Waals surface area contributed by atoms with Crippen molar-refractivity contribution in [2.75, 3.05) is 11.9 Å². The van der Waals surface area contributed by atoms with Gasteiger partial charge in [0.25, 0.3) is 0 Å². The number of anilines is 1. The first-order valence-electron chi connectivity index (χ1n) is 6.00. The summed E-state index contributed by atoms with van der Waals surface area (Å²) in [6.45, 7) is 4.65. The van der Waals surface area contributed by atoms with Crippen LogP contribution in [0.1, 0.15) is 30.9 Å². The summed E-state index contributed by atoms with van der Waals surface area (Å²) in [4.78, 5) is 12.0. The Hall–Kier alpha value is -1.62. The van der Waals surface area contributed by atoms with E-state index in [-0.39, 0.29) is 11.0 Å². The maximum Gasteiger partial charge on any atom is 0.319 e. The summed E-state index contributed by atoms with van der Waals surface area (Å²) in [7, 11) is 0. The van der Waals surface area contributed by atoms with Crippen LogP contribution < -0.4 is 16.4 Å². The molecule has 98 valence electrons. The van der Waals surface area contributed by atoms with Crippen molar-refractivity contribution in [2.24, 2.45) is 5.73 Å². The fraction of sp³-hybridized carbons (Fsp3) is 0.385. The Morgan fingerprint density at radius 1 is 1.44 bits per heavy atom. The molecule has 4 N–H and O–H groups in total. The van der Waals surface area contributed by atoms with Crippen LogP contribution in [0.5, 0.6) is 0 Å². The highest BCUT2D eigenvalue weighted by atomic mass is 32.1. The second kappa shape index (κ2) is 6.96. The van der Waals surface area contributed by atoms with Gasteiger partial charge in [-0.2, -0.15) is 0 Å². The molecule has 0 atom stereocenters. The maximum absolute atomic E-state index is 11.7. The van der Waals surface area contributed by atoms with Gasteiger partial charge in [0, 0.05) is 12.1 Å². The van der Waals surface area contributed by atoms with Crippen LogP contribution in [0.4, 0.5) is 10.5 Å². The zero-order chi connectivity index (χ0) is 13.5. The molecular weight excluding hydrogens is 246 g/mol. The van der Waals surface area contributed by atoms with Crippen molar-refractivity contribution in [1.82, 2.24) is 5.32 Å². The first-order valence-corrected chi connectivity index (χ1v) is 6.41. The Kier molecular flexibility index (Phi) is 5.58. The summed E-state index contributed by atoms with van der Waals surface area (Å²) in [5.41, 5.74) is 8.00. The third-order valence-electron chi connectivity index (χ3n) is 2.58. The highest BCUT2D eigenvalue weighted by Crippen LogP contribution is 2.19. The van der Waals surface area contributed by atoms with Crippen LogP contribution in [0.15, 0.2) is 18.2 Å². The van der Waals surface area contributed by atoms with Crippen molar-refractivity contribution in [3.8, 4) is 0 Å². The minimum atomic E-state index is -0.230. The van der Waals surface area contributed by atoms with E-state index in [0.717, 1.165) is 24.0 Å². The number of aryl methyl sites for hydroxylation is 1. The molecule has 2 amide bonds. The van der Waals surface area contributed by atoms with Crippen molar-refractivity contribution >= 4 is 28.9 Å². The highest BCUT2D eigenvalue weighted by Gasteiger charge is 2.10. The zero-order valence-electron chi connectivity index (χ0n) is 10.7. The molecule has 0 fully saturated rings. The zero-order valence-corrected chi connectivity index (χ0v) is 11.6. The quantitative estimate of drug-likeness (QED) is 0.566. The molecule has 0 bridgehead atoms. The van der Waals surface area contributed by atoms with E-state index in [0.29, 0.717) is 12.2 Å². The number of hydrogen-bond acceptors (Lipinski definition) is 2. The van der Waals surface area contributed by atoms with Crippen molar-refractivity contribution in [2.45, 2.75) is 26.7 Å². The summed E-state index contributed by atoms with van der Waals surface area (Å²) < 4.78 is 0. The van der Waals surface area contributed by atoms with E-state index in [1.807, 2.05) is 19.1 Å². The Morgan fingerprint density at radius 3 is 2.78 bits per heavy atom. The number of benzene rings is 1. The minimum absolute atomic E-state index is 0.230. The molecule has 1 aromatic rings. The minimum Gasteiger partial charge on any atom is -0.389 e. The normalized spacial score (nSPS) is 9.89. The first kappa shape index (κ1) is 14.4. The molecule has 0 aliphatic heterocycles. The maximum atomic E-state index is 11.7. The van der Waals surface area contributed by atoms with Gasteiger partial charge in [0.2, 0.25) is 0 Å². The van der Waals surface area contributed by atoms with Crippen LogP contribution in [0.25, 0.3) is 0 Å². The molecule has 0 aliphatic carbocycles. The Morgan fingerprint density at radius 2 is 2.17 bits per heavy atom. The number of nitrogens with two attached hydrogens (primary N) is 1. The molecule has 4 nitrogen and oxygen atoms in total. The Bertz CT molecular complexity index is 446. The summed E-state index contributed by atoms with van der Waals surface area (Å²) in [6.07, 6.45) is 2.01. The molecule has 0 saturated carbocycles. The Balaban J connectivity index is 2.75. The molecule has 18 heavy (non-hydrogen) atoms. The number of carbonyl (C=O) groups is 1. The fourth-order valence-corrected chi connectivity index (χ4v) is 1.92. The van der Waals surface area contributed by atoms with E-state index in [2.05, 4.69) is 17.6 Å². The summed E-state index contributed by atoms with van der Waals surface area (Å²) in [5.74, 6) is 0. The molecule has 0 unspecified atom stereocenters. The molecule has 1 rings (SSSR count). The SMILES string of the molecule is CCCCNC(=O)Nc1cccc(C)c1C(N)=S. The lowest BCUT2D eigenvalue weighted by Gasteiger charge is -2.13. The second-order valence-corrected chi connectivity index (χ2v) is 4.54.